The van der Waals surface area contributed by atoms with Gasteiger partial charge in [0.15, 0.2) is 0 Å². The standard InChI is InChI=1S/C27H34N4O9S/c1-20(19-39-26-27(31(35)40-30-26)41(36,37)23-9-5-4-6-10-23)28-24(32)17-14-21-12-15-22(16-13-21)38-18-8-3-2-7-11-25(33)29-34/h4-6,9-10,12-13,15-16,20,34H,2-3,7-8,11,14,17-19H2,1H3,(H,28,32)(H,29,33). The van der Waals surface area contributed by atoms with Crippen LogP contribution in [-0.4, -0.2) is 49.9 Å². The van der Waals surface area contributed by atoms with Gasteiger partial charge < -0.3 is 20.0 Å². The summed E-state index contributed by atoms with van der Waals surface area (Å²) in [5.74, 6) is -0.366. The summed E-state index contributed by atoms with van der Waals surface area (Å²) in [6.45, 7) is 2.09. The van der Waals surface area contributed by atoms with Crippen LogP contribution in [0.4, 0.5) is 0 Å². The highest BCUT2D eigenvalue weighted by Crippen LogP contribution is 2.25. The van der Waals surface area contributed by atoms with Gasteiger partial charge in [-0.3, -0.25) is 19.4 Å². The molecule has 41 heavy (non-hydrogen) atoms. The minimum Gasteiger partial charge on any atom is -0.494 e. The number of sulfone groups is 1. The number of hydrogen-bond acceptors (Lipinski definition) is 10. The summed E-state index contributed by atoms with van der Waals surface area (Å²) < 4.78 is 41.3. The first-order valence-electron chi connectivity index (χ1n) is 13.2. The number of nitrogens with one attached hydrogen (secondary N) is 2. The molecule has 0 radical (unpaired) electrons. The van der Waals surface area contributed by atoms with Gasteiger partial charge in [-0.25, -0.2) is 13.9 Å². The van der Waals surface area contributed by atoms with Crippen LogP contribution in [0.25, 0.3) is 0 Å². The van der Waals surface area contributed by atoms with Gasteiger partial charge in [0.2, 0.25) is 11.8 Å². The number of aryl methyl sites for hydroxylation is 1. The highest BCUT2D eigenvalue weighted by atomic mass is 32.2. The SMILES string of the molecule is CC(COc1no[n+]([O-])c1S(=O)(=O)c1ccccc1)NC(=O)CCc1ccc(OCCCCCCC(=O)NO)cc1. The number of aromatic nitrogens is 2. The molecule has 0 spiro atoms. The number of hydroxylamine groups is 1. The lowest BCUT2D eigenvalue weighted by molar-refractivity contribution is -0.832. The molecule has 1 heterocycles. The number of unbranched alkanes of at least 4 members (excludes halogenated alkanes) is 3. The summed E-state index contributed by atoms with van der Waals surface area (Å²) in [5.41, 5.74) is 2.57. The molecule has 3 aromatic rings. The zero-order valence-electron chi connectivity index (χ0n) is 22.7. The second-order valence-electron chi connectivity index (χ2n) is 9.33. The third-order valence-electron chi connectivity index (χ3n) is 5.99. The van der Waals surface area contributed by atoms with Crippen molar-refractivity contribution in [3.63, 3.8) is 0 Å². The predicted octanol–water partition coefficient (Wildman–Crippen LogP) is 2.49. The van der Waals surface area contributed by atoms with E-state index < -0.39 is 26.8 Å². The van der Waals surface area contributed by atoms with Crippen LogP contribution in [0.2, 0.25) is 0 Å². The molecular weight excluding hydrogens is 556 g/mol. The molecule has 14 heteroatoms. The molecule has 0 aliphatic heterocycles. The number of carbonyl (C=O) groups is 2. The fourth-order valence-corrected chi connectivity index (χ4v) is 5.13. The number of ether oxygens (including phenoxy) is 2. The van der Waals surface area contributed by atoms with Crippen molar-refractivity contribution in [3.8, 4) is 11.6 Å². The Labute approximate surface area is 237 Å². The maximum Gasteiger partial charge on any atom is 0.415 e. The Morgan fingerprint density at radius 2 is 1.71 bits per heavy atom. The predicted molar refractivity (Wildman–Crippen MR) is 144 cm³/mol. The van der Waals surface area contributed by atoms with Gasteiger partial charge in [-0.05, 0) is 60.9 Å². The van der Waals surface area contributed by atoms with Crippen molar-refractivity contribution in [2.75, 3.05) is 13.2 Å². The van der Waals surface area contributed by atoms with E-state index in [-0.39, 0.29) is 34.6 Å². The molecule has 2 amide bonds. The van der Waals surface area contributed by atoms with E-state index in [4.69, 9.17) is 14.7 Å². The van der Waals surface area contributed by atoms with Crippen LogP contribution in [0.3, 0.4) is 0 Å². The third-order valence-corrected chi connectivity index (χ3v) is 7.71. The molecule has 0 saturated heterocycles. The summed E-state index contributed by atoms with van der Waals surface area (Å²) in [5, 5.41) is 25.9. The molecule has 1 unspecified atom stereocenters. The van der Waals surface area contributed by atoms with E-state index in [1.807, 2.05) is 24.3 Å². The number of carbonyl (C=O) groups excluding carboxylic acids is 2. The van der Waals surface area contributed by atoms with Gasteiger partial charge in [0.1, 0.15) is 12.4 Å². The number of amides is 2. The van der Waals surface area contributed by atoms with E-state index in [0.717, 1.165) is 30.6 Å². The lowest BCUT2D eigenvalue weighted by Gasteiger charge is -2.13. The molecule has 0 aliphatic carbocycles. The minimum absolute atomic E-state index is 0.113. The summed E-state index contributed by atoms with van der Waals surface area (Å²) in [7, 11) is -4.23. The highest BCUT2D eigenvalue weighted by Gasteiger charge is 2.36. The minimum atomic E-state index is -4.23. The quantitative estimate of drug-likeness (QED) is 0.0913. The maximum atomic E-state index is 12.8. The van der Waals surface area contributed by atoms with Gasteiger partial charge in [-0.1, -0.05) is 43.2 Å². The Morgan fingerprint density at radius 3 is 2.41 bits per heavy atom. The Morgan fingerprint density at radius 1 is 1.00 bits per heavy atom. The van der Waals surface area contributed by atoms with Crippen molar-refractivity contribution < 1.29 is 42.2 Å². The van der Waals surface area contributed by atoms with Crippen molar-refractivity contribution >= 4 is 21.7 Å². The smallest absolute Gasteiger partial charge is 0.415 e. The van der Waals surface area contributed by atoms with Crippen LogP contribution < -0.4 is 25.2 Å². The van der Waals surface area contributed by atoms with Crippen LogP contribution >= 0.6 is 0 Å². The topological polar surface area (TPSA) is 184 Å². The van der Waals surface area contributed by atoms with Crippen molar-refractivity contribution in [1.82, 2.24) is 16.0 Å². The molecular formula is C27H34N4O9S. The zero-order chi connectivity index (χ0) is 29.7. The Kier molecular flexibility index (Phi) is 11.9. The van der Waals surface area contributed by atoms with Crippen molar-refractivity contribution in [3.05, 3.63) is 65.4 Å². The second kappa shape index (κ2) is 15.6. The molecule has 2 aromatic carbocycles. The van der Waals surface area contributed by atoms with Gasteiger partial charge in [-0.15, -0.1) is 0 Å². The fraction of sp³-hybridized carbons (Fsp3) is 0.407. The first-order chi connectivity index (χ1) is 19.7. The maximum absolute atomic E-state index is 12.8. The Balaban J connectivity index is 1.37. The average molecular weight is 591 g/mol. The van der Waals surface area contributed by atoms with Crippen molar-refractivity contribution in [1.29, 1.82) is 0 Å². The second-order valence-corrected chi connectivity index (χ2v) is 11.2. The third kappa shape index (κ3) is 9.76. The number of hydrogen-bond donors (Lipinski definition) is 3. The molecule has 0 fully saturated rings. The molecule has 1 aromatic heterocycles. The van der Waals surface area contributed by atoms with Crippen LogP contribution in [0.1, 0.15) is 51.0 Å². The van der Waals surface area contributed by atoms with E-state index in [9.17, 15) is 23.2 Å². The molecule has 1 atom stereocenters. The van der Waals surface area contributed by atoms with E-state index in [2.05, 4.69) is 15.1 Å². The normalized spacial score (nSPS) is 12.0. The summed E-state index contributed by atoms with van der Waals surface area (Å²) >= 11 is 0. The summed E-state index contributed by atoms with van der Waals surface area (Å²) in [4.78, 5) is 23.0. The number of benzene rings is 2. The largest absolute Gasteiger partial charge is 0.494 e. The monoisotopic (exact) mass is 590 g/mol. The van der Waals surface area contributed by atoms with Crippen molar-refractivity contribution in [2.24, 2.45) is 0 Å². The first-order valence-corrected chi connectivity index (χ1v) is 14.7. The first kappa shape index (κ1) is 31.4. The van der Waals surface area contributed by atoms with Crippen LogP contribution in [0, 0.1) is 5.21 Å². The van der Waals surface area contributed by atoms with Crippen molar-refractivity contribution in [2.45, 2.75) is 67.8 Å². The fourth-order valence-electron chi connectivity index (χ4n) is 3.83. The Hall–Kier alpha value is -4.17. The van der Waals surface area contributed by atoms with Gasteiger partial charge in [-0.2, -0.15) is 0 Å². The van der Waals surface area contributed by atoms with Gasteiger partial charge in [0.05, 0.1) is 22.7 Å². The molecule has 3 N–H and O–H groups in total. The molecule has 3 rings (SSSR count). The van der Waals surface area contributed by atoms with Crippen LogP contribution in [0.15, 0.2) is 69.1 Å². The molecule has 0 aliphatic rings. The van der Waals surface area contributed by atoms with Gasteiger partial charge in [0, 0.05) is 12.8 Å². The van der Waals surface area contributed by atoms with E-state index in [0.29, 0.717) is 25.9 Å². The van der Waals surface area contributed by atoms with Crippen LogP contribution in [-0.2, 0) is 25.8 Å². The van der Waals surface area contributed by atoms with Gasteiger partial charge in [0.25, 0.3) is 9.84 Å². The zero-order valence-corrected chi connectivity index (χ0v) is 23.5. The van der Waals surface area contributed by atoms with Crippen LogP contribution in [0.5, 0.6) is 11.6 Å². The highest BCUT2D eigenvalue weighted by molar-refractivity contribution is 7.91. The van der Waals surface area contributed by atoms with E-state index in [1.165, 1.54) is 24.3 Å². The summed E-state index contributed by atoms with van der Waals surface area (Å²) in [6, 6.07) is 14.3. The molecule has 222 valence electrons. The number of rotatable bonds is 17. The number of nitrogens with zero attached hydrogens (tertiary/aromatic N) is 2. The Bertz CT molecular complexity index is 1360. The van der Waals surface area contributed by atoms with Gasteiger partial charge >= 0.3 is 10.9 Å². The van der Waals surface area contributed by atoms with E-state index in [1.54, 1.807) is 18.5 Å². The van der Waals surface area contributed by atoms with E-state index >= 15 is 0 Å². The molecule has 13 nitrogen and oxygen atoms in total. The lowest BCUT2D eigenvalue weighted by Crippen LogP contribution is -2.37. The molecule has 0 bridgehead atoms. The summed E-state index contributed by atoms with van der Waals surface area (Å²) in [6.07, 6.45) is 4.38. The lowest BCUT2D eigenvalue weighted by atomic mass is 10.1. The average Bonchev–Trinajstić information content (AvgIpc) is 3.36. The molecule has 0 saturated carbocycles.